The van der Waals surface area contributed by atoms with Crippen molar-refractivity contribution < 1.29 is 60.7 Å². The molecule has 1 heterocycles. The molecule has 62 heavy (non-hydrogen) atoms. The fourth-order valence-corrected chi connectivity index (χ4v) is 6.64. The molecule has 9 atom stereocenters. The number of nitrogens with zero attached hydrogens (tertiary/aromatic N) is 3. The third kappa shape index (κ3) is 16.1. The molecule has 1 aromatic heterocycles. The van der Waals surface area contributed by atoms with E-state index in [1.807, 2.05) is 30.3 Å². The Morgan fingerprint density at radius 1 is 0.726 bits per heavy atom. The second-order valence-electron chi connectivity index (χ2n) is 15.0. The Balaban J connectivity index is 1.48. The predicted octanol–water partition coefficient (Wildman–Crippen LogP) is -4.34. The smallest absolute Gasteiger partial charge is 0.280 e. The molecule has 2 amide bonds. The number of amides is 2. The van der Waals surface area contributed by atoms with Gasteiger partial charge in [0, 0.05) is 19.6 Å². The van der Waals surface area contributed by atoms with E-state index < -0.39 is 93.0 Å². The number of hydrogen-bond acceptors (Lipinski definition) is 19. The van der Waals surface area contributed by atoms with E-state index in [-0.39, 0.29) is 48.0 Å². The number of nitrogen functional groups attached to an aromatic ring is 2. The van der Waals surface area contributed by atoms with Gasteiger partial charge in [-0.15, -0.1) is 0 Å². The number of rotatable bonds is 27. The summed E-state index contributed by atoms with van der Waals surface area (Å²) in [5, 5.41) is 118. The number of guanidine groups is 1. The van der Waals surface area contributed by atoms with Crippen molar-refractivity contribution in [1.82, 2.24) is 30.8 Å². The van der Waals surface area contributed by atoms with Crippen LogP contribution < -0.4 is 33.2 Å². The zero-order valence-corrected chi connectivity index (χ0v) is 34.8. The van der Waals surface area contributed by atoms with Crippen molar-refractivity contribution in [1.29, 1.82) is 5.41 Å². The highest BCUT2D eigenvalue weighted by atomic mass is 35.5. The van der Waals surface area contributed by atoms with E-state index in [9.17, 15) is 50.4 Å². The van der Waals surface area contributed by atoms with Gasteiger partial charge in [0.05, 0.1) is 31.5 Å². The van der Waals surface area contributed by atoms with Crippen LogP contribution >= 0.6 is 11.6 Å². The van der Waals surface area contributed by atoms with E-state index in [1.165, 1.54) is 4.90 Å². The number of aromatic nitrogens is 2. The van der Waals surface area contributed by atoms with Crippen molar-refractivity contribution in [3.8, 4) is 0 Å². The zero-order chi connectivity index (χ0) is 46.1. The lowest BCUT2D eigenvalue weighted by Crippen LogP contribution is -2.53. The molecule has 0 unspecified atom stereocenters. The van der Waals surface area contributed by atoms with Crippen LogP contribution in [0.2, 0.25) is 5.15 Å². The van der Waals surface area contributed by atoms with Crippen LogP contribution in [0.5, 0.6) is 0 Å². The molecular weight excluding hydrogens is 836 g/mol. The van der Waals surface area contributed by atoms with Gasteiger partial charge in [-0.1, -0.05) is 48.0 Å². The van der Waals surface area contributed by atoms with Gasteiger partial charge in [-0.05, 0) is 73.5 Å². The van der Waals surface area contributed by atoms with Crippen molar-refractivity contribution in [3.05, 3.63) is 58.4 Å². The number of nitrogens with two attached hydrogens (primary N) is 3. The molecule has 0 spiro atoms. The highest BCUT2D eigenvalue weighted by molar-refractivity contribution is 6.31. The van der Waals surface area contributed by atoms with Crippen molar-refractivity contribution in [2.24, 2.45) is 5.73 Å². The van der Waals surface area contributed by atoms with E-state index >= 15 is 0 Å². The monoisotopic (exact) mass is 896 g/mol. The number of fused-ring (bicyclic) bond motifs is 1. The Labute approximate surface area is 362 Å². The van der Waals surface area contributed by atoms with Gasteiger partial charge in [-0.25, -0.2) is 9.97 Å². The number of halogens is 1. The molecule has 3 aromatic rings. The number of carbonyl (C=O) groups excluding carboxylic acids is 2. The summed E-state index contributed by atoms with van der Waals surface area (Å²) in [6, 6.07) is 11.4. The summed E-state index contributed by atoms with van der Waals surface area (Å²) < 4.78 is 0. The number of nitrogens with one attached hydrogen (secondary N) is 4. The van der Waals surface area contributed by atoms with Gasteiger partial charge >= 0.3 is 0 Å². The highest BCUT2D eigenvalue weighted by Gasteiger charge is 2.34. The van der Waals surface area contributed by atoms with Crippen LogP contribution in [0.4, 0.5) is 11.6 Å². The molecule has 0 aliphatic heterocycles. The standard InChI is InChI=1S/C39H61ClN10O12/c40-34-36(42)48-35(41)29(47-34)38(62)49-39(44)46-11-2-1-4-20-5-8-23-15-21(6-9-22(23)14-20)7-10-24(37(43)61)45-12-3-13-50(16-25(53)30(57)32(59)27(55)18-51)17-26(54)31(58)33(60)28(56)19-52/h5-6,8-9,14-15,24-28,30-33,45,51-60H,1-4,7,10-13,16-19H2,(H2,43,61)(H4,41,42,48)(H3,44,46,49,62)/t24-,25-,26-,27+,28+,30+,31+,32+,33+/m0/s1. The molecule has 0 fully saturated rings. The number of aryl methyl sites for hydroxylation is 2. The maximum Gasteiger partial charge on any atom is 0.280 e. The fraction of sp³-hybridized carbons (Fsp3) is 0.564. The predicted molar refractivity (Wildman–Crippen MR) is 229 cm³/mol. The van der Waals surface area contributed by atoms with Crippen LogP contribution in [0.3, 0.4) is 0 Å². The van der Waals surface area contributed by atoms with Crippen LogP contribution in [0, 0.1) is 5.41 Å². The molecule has 2 aromatic carbocycles. The Hall–Kier alpha value is -4.40. The summed E-state index contributed by atoms with van der Waals surface area (Å²) in [7, 11) is 0. The first-order valence-corrected chi connectivity index (χ1v) is 20.4. The van der Waals surface area contributed by atoms with Gasteiger partial charge in [0.1, 0.15) is 36.6 Å². The van der Waals surface area contributed by atoms with E-state index in [4.69, 9.17) is 44.4 Å². The van der Waals surface area contributed by atoms with Gasteiger partial charge in [0.2, 0.25) is 5.91 Å². The molecule has 0 saturated heterocycles. The number of primary amides is 1. The van der Waals surface area contributed by atoms with Gasteiger partial charge in [0.15, 0.2) is 28.4 Å². The van der Waals surface area contributed by atoms with Crippen molar-refractivity contribution in [2.75, 3.05) is 57.4 Å². The summed E-state index contributed by atoms with van der Waals surface area (Å²) in [6.07, 6.45) is -11.1. The number of anilines is 2. The highest BCUT2D eigenvalue weighted by Crippen LogP contribution is 2.21. The van der Waals surface area contributed by atoms with Crippen LogP contribution in [-0.2, 0) is 17.6 Å². The molecule has 0 bridgehead atoms. The van der Waals surface area contributed by atoms with Gasteiger partial charge in [0.25, 0.3) is 5.91 Å². The fourth-order valence-electron chi connectivity index (χ4n) is 6.51. The van der Waals surface area contributed by atoms with Crippen molar-refractivity contribution >= 4 is 51.8 Å². The first-order valence-electron chi connectivity index (χ1n) is 20.0. The Kier molecular flexibility index (Phi) is 21.5. The lowest BCUT2D eigenvalue weighted by atomic mass is 9.98. The molecule has 0 saturated carbocycles. The maximum atomic E-state index is 12.4. The first kappa shape index (κ1) is 51.9. The lowest BCUT2D eigenvalue weighted by Gasteiger charge is -2.33. The second-order valence-corrected chi connectivity index (χ2v) is 15.4. The molecule has 3 rings (SSSR count). The molecule has 0 aliphatic rings. The molecule has 0 aliphatic carbocycles. The van der Waals surface area contributed by atoms with Crippen LogP contribution in [-0.4, -0.2) is 185 Å². The van der Waals surface area contributed by atoms with Gasteiger partial charge < -0.3 is 78.9 Å². The summed E-state index contributed by atoms with van der Waals surface area (Å²) in [4.78, 5) is 33.7. The number of benzene rings is 2. The third-order valence-electron chi connectivity index (χ3n) is 10.2. The Morgan fingerprint density at radius 3 is 1.79 bits per heavy atom. The zero-order valence-electron chi connectivity index (χ0n) is 34.1. The Bertz CT molecular complexity index is 1870. The molecule has 346 valence electrons. The quantitative estimate of drug-likeness (QED) is 0.0195. The minimum Gasteiger partial charge on any atom is -0.394 e. The molecule has 20 N–H and O–H groups in total. The summed E-state index contributed by atoms with van der Waals surface area (Å²) in [5.41, 5.74) is 18.8. The number of unbranched alkanes of at least 4 members (excludes halogenated alkanes) is 1. The normalized spacial score (nSPS) is 16.2. The average Bonchev–Trinajstić information content (AvgIpc) is 3.24. The molecule has 0 radical (unpaired) electrons. The lowest BCUT2D eigenvalue weighted by molar-refractivity contribution is -0.130. The number of carbonyl (C=O) groups is 2. The number of hydrogen-bond donors (Lipinski definition) is 17. The Morgan fingerprint density at radius 2 is 1.26 bits per heavy atom. The second kappa shape index (κ2) is 25.6. The van der Waals surface area contributed by atoms with Gasteiger partial charge in [-0.3, -0.25) is 25.2 Å². The van der Waals surface area contributed by atoms with Crippen molar-refractivity contribution in [2.45, 2.75) is 93.4 Å². The van der Waals surface area contributed by atoms with E-state index in [1.54, 1.807) is 0 Å². The summed E-state index contributed by atoms with van der Waals surface area (Å²) >= 11 is 5.82. The molecular formula is C39H61ClN10O12. The largest absolute Gasteiger partial charge is 0.394 e. The number of aliphatic hydroxyl groups excluding tert-OH is 10. The van der Waals surface area contributed by atoms with Crippen LogP contribution in [0.15, 0.2) is 36.4 Å². The third-order valence-corrected chi connectivity index (χ3v) is 10.4. The van der Waals surface area contributed by atoms with E-state index in [2.05, 4.69) is 32.0 Å². The minimum atomic E-state index is -1.91. The number of aliphatic hydroxyl groups is 10. The van der Waals surface area contributed by atoms with Crippen molar-refractivity contribution in [3.63, 3.8) is 0 Å². The van der Waals surface area contributed by atoms with Crippen LogP contribution in [0.25, 0.3) is 10.8 Å². The summed E-state index contributed by atoms with van der Waals surface area (Å²) in [5.74, 6) is -1.88. The molecule has 22 nitrogen and oxygen atoms in total. The maximum absolute atomic E-state index is 12.4. The van der Waals surface area contributed by atoms with E-state index in [0.29, 0.717) is 25.8 Å². The van der Waals surface area contributed by atoms with Gasteiger partial charge in [-0.2, -0.15) is 0 Å². The summed E-state index contributed by atoms with van der Waals surface area (Å²) in [6.45, 7) is -1.87. The minimum absolute atomic E-state index is 0.0756. The van der Waals surface area contributed by atoms with E-state index in [0.717, 1.165) is 34.7 Å². The first-order chi connectivity index (χ1) is 29.4. The molecule has 23 heteroatoms. The SMILES string of the molecule is N=C(NCCCCc1ccc2cc(CC[C@H](NCCCN(C[C@H](O)[C@@H](O)[C@H](O)[C@H](O)CO)C[C@H](O)[C@@H](O)[C@H](O)[C@H](O)CO)C(N)=O)ccc2c1)NC(=O)c1nc(Cl)c(N)nc1N. The average molecular weight is 897 g/mol. The van der Waals surface area contributed by atoms with Crippen LogP contribution in [0.1, 0.15) is 47.3 Å². The topological polar surface area (TPSA) is 403 Å².